The van der Waals surface area contributed by atoms with Crippen LogP contribution in [0, 0.1) is 6.92 Å². The molecule has 4 rings (SSSR count). The molecule has 0 saturated carbocycles. The van der Waals surface area contributed by atoms with Crippen LogP contribution in [0.25, 0.3) is 5.69 Å². The number of likely N-dealkylation sites (N-methyl/N-ethyl adjacent to an activating group) is 1. The fourth-order valence-corrected chi connectivity index (χ4v) is 4.07. The molecule has 2 unspecified atom stereocenters. The van der Waals surface area contributed by atoms with Gasteiger partial charge in [0.05, 0.1) is 29.7 Å². The first kappa shape index (κ1) is 16.7. The predicted molar refractivity (Wildman–Crippen MR) is 106 cm³/mol. The second-order valence-electron chi connectivity index (χ2n) is 6.36. The van der Waals surface area contributed by atoms with Gasteiger partial charge in [-0.1, -0.05) is 6.07 Å². The van der Waals surface area contributed by atoms with E-state index in [0.29, 0.717) is 0 Å². The summed E-state index contributed by atoms with van der Waals surface area (Å²) in [5.41, 5.74) is 4.40. The van der Waals surface area contributed by atoms with Crippen molar-refractivity contribution in [3.8, 4) is 5.69 Å². The molecule has 1 N–H and O–H groups in total. The van der Waals surface area contributed by atoms with E-state index in [1.54, 1.807) is 6.20 Å². The SMILES string of the molecule is CCN1C(=S)NC(c2ccccn2)C1c1ccc(C)n1-c1cccnc1. The van der Waals surface area contributed by atoms with Crippen molar-refractivity contribution in [1.29, 1.82) is 0 Å². The first-order valence-corrected chi connectivity index (χ1v) is 9.18. The van der Waals surface area contributed by atoms with Gasteiger partial charge in [-0.15, -0.1) is 0 Å². The normalized spacial score (nSPS) is 19.6. The van der Waals surface area contributed by atoms with Crippen molar-refractivity contribution in [1.82, 2.24) is 24.8 Å². The van der Waals surface area contributed by atoms with Gasteiger partial charge in [-0.05, 0) is 62.5 Å². The minimum atomic E-state index is 0.00775. The number of nitrogens with one attached hydrogen (secondary N) is 1. The Morgan fingerprint density at radius 2 is 2.00 bits per heavy atom. The zero-order valence-corrected chi connectivity index (χ0v) is 15.6. The third-order valence-corrected chi connectivity index (χ3v) is 5.20. The largest absolute Gasteiger partial charge is 0.352 e. The summed E-state index contributed by atoms with van der Waals surface area (Å²) in [5, 5.41) is 4.24. The fraction of sp³-hybridized carbons (Fsp3) is 0.250. The molecule has 1 aliphatic heterocycles. The molecule has 1 fully saturated rings. The van der Waals surface area contributed by atoms with Crippen molar-refractivity contribution in [2.45, 2.75) is 25.9 Å². The standard InChI is InChI=1S/C20H21N5S/c1-3-24-19(18(23-20(24)26)16-8-4-5-12-22-16)17-10-9-14(2)25(17)15-7-6-11-21-13-15/h4-13,18-19H,3H2,1-2H3,(H,23,26). The molecule has 0 aromatic carbocycles. The molecule has 2 atom stereocenters. The first-order valence-electron chi connectivity index (χ1n) is 8.77. The van der Waals surface area contributed by atoms with Crippen molar-refractivity contribution >= 4 is 17.3 Å². The van der Waals surface area contributed by atoms with Gasteiger partial charge >= 0.3 is 0 Å². The monoisotopic (exact) mass is 363 g/mol. The Kier molecular flexibility index (Phi) is 4.42. The molecule has 0 amide bonds. The first-order chi connectivity index (χ1) is 12.7. The van der Waals surface area contributed by atoms with Gasteiger partial charge in [-0.3, -0.25) is 9.97 Å². The second kappa shape index (κ2) is 6.88. The minimum Gasteiger partial charge on any atom is -0.352 e. The molecule has 6 heteroatoms. The van der Waals surface area contributed by atoms with E-state index in [4.69, 9.17) is 12.2 Å². The van der Waals surface area contributed by atoms with E-state index in [9.17, 15) is 0 Å². The predicted octanol–water partition coefficient (Wildman–Crippen LogP) is 3.57. The van der Waals surface area contributed by atoms with Crippen LogP contribution < -0.4 is 5.32 Å². The van der Waals surface area contributed by atoms with Crippen LogP contribution in [0.15, 0.2) is 61.1 Å². The fourth-order valence-electron chi connectivity index (χ4n) is 3.70. The van der Waals surface area contributed by atoms with Gasteiger partial charge in [-0.25, -0.2) is 0 Å². The highest BCUT2D eigenvalue weighted by Gasteiger charge is 2.40. The van der Waals surface area contributed by atoms with Gasteiger partial charge in [0.1, 0.15) is 0 Å². The zero-order valence-electron chi connectivity index (χ0n) is 14.8. The van der Waals surface area contributed by atoms with E-state index >= 15 is 0 Å². The molecule has 0 spiro atoms. The highest BCUT2D eigenvalue weighted by Crippen LogP contribution is 2.39. The molecule has 0 bridgehead atoms. The van der Waals surface area contributed by atoms with Crippen LogP contribution in [0.3, 0.4) is 0 Å². The smallest absolute Gasteiger partial charge is 0.170 e. The third-order valence-electron chi connectivity index (χ3n) is 4.85. The Labute approximate surface area is 158 Å². The molecular formula is C20H21N5S. The maximum Gasteiger partial charge on any atom is 0.170 e. The Balaban J connectivity index is 1.85. The van der Waals surface area contributed by atoms with Crippen LogP contribution in [0.1, 0.15) is 36.1 Å². The van der Waals surface area contributed by atoms with Crippen LogP contribution >= 0.6 is 12.2 Å². The molecule has 1 aliphatic rings. The van der Waals surface area contributed by atoms with E-state index in [0.717, 1.165) is 23.0 Å². The number of aromatic nitrogens is 3. The molecule has 132 valence electrons. The maximum absolute atomic E-state index is 5.63. The Hall–Kier alpha value is -2.73. The second-order valence-corrected chi connectivity index (χ2v) is 6.75. The maximum atomic E-state index is 5.63. The number of thiocarbonyl (C=S) groups is 1. The summed E-state index contributed by atoms with van der Waals surface area (Å²) in [7, 11) is 0. The van der Waals surface area contributed by atoms with Crippen LogP contribution in [0.2, 0.25) is 0 Å². The van der Waals surface area contributed by atoms with Gasteiger partial charge in [0, 0.05) is 30.3 Å². The number of hydrogen-bond acceptors (Lipinski definition) is 3. The Morgan fingerprint density at radius 3 is 2.69 bits per heavy atom. The zero-order chi connectivity index (χ0) is 18.1. The van der Waals surface area contributed by atoms with Crippen LogP contribution in [0.5, 0.6) is 0 Å². The van der Waals surface area contributed by atoms with E-state index in [1.165, 1.54) is 11.4 Å². The summed E-state index contributed by atoms with van der Waals surface area (Å²) in [6, 6.07) is 14.4. The van der Waals surface area contributed by atoms with Gasteiger partial charge in [0.25, 0.3) is 0 Å². The molecule has 3 aromatic rings. The quantitative estimate of drug-likeness (QED) is 0.718. The third kappa shape index (κ3) is 2.76. The van der Waals surface area contributed by atoms with Crippen molar-refractivity contribution in [3.05, 3.63) is 78.1 Å². The average molecular weight is 363 g/mol. The molecule has 5 nitrogen and oxygen atoms in total. The van der Waals surface area contributed by atoms with E-state index in [1.807, 2.05) is 30.6 Å². The van der Waals surface area contributed by atoms with E-state index in [-0.39, 0.29) is 12.1 Å². The van der Waals surface area contributed by atoms with Crippen molar-refractivity contribution < 1.29 is 0 Å². The van der Waals surface area contributed by atoms with Gasteiger partial charge in [0.2, 0.25) is 0 Å². The van der Waals surface area contributed by atoms with Crippen LogP contribution in [-0.4, -0.2) is 31.1 Å². The number of rotatable bonds is 4. The molecule has 0 radical (unpaired) electrons. The van der Waals surface area contributed by atoms with Crippen molar-refractivity contribution in [2.24, 2.45) is 0 Å². The number of pyridine rings is 2. The molecule has 1 saturated heterocycles. The lowest BCUT2D eigenvalue weighted by Gasteiger charge is -2.28. The highest BCUT2D eigenvalue weighted by atomic mass is 32.1. The lowest BCUT2D eigenvalue weighted by Crippen LogP contribution is -2.30. The molecule has 3 aromatic heterocycles. The van der Waals surface area contributed by atoms with Gasteiger partial charge in [-0.2, -0.15) is 0 Å². The number of aryl methyl sites for hydroxylation is 1. The molecule has 26 heavy (non-hydrogen) atoms. The molecule has 4 heterocycles. The lowest BCUT2D eigenvalue weighted by molar-refractivity contribution is 0.320. The van der Waals surface area contributed by atoms with Crippen molar-refractivity contribution in [2.75, 3.05) is 6.54 Å². The summed E-state index contributed by atoms with van der Waals surface area (Å²) in [5.74, 6) is 0. The van der Waals surface area contributed by atoms with Crippen LogP contribution in [-0.2, 0) is 0 Å². The molecular weight excluding hydrogens is 342 g/mol. The van der Waals surface area contributed by atoms with Crippen LogP contribution in [0.4, 0.5) is 0 Å². The van der Waals surface area contributed by atoms with Crippen molar-refractivity contribution in [3.63, 3.8) is 0 Å². The highest BCUT2D eigenvalue weighted by molar-refractivity contribution is 7.80. The average Bonchev–Trinajstić information content (AvgIpc) is 3.22. The Morgan fingerprint density at radius 1 is 1.12 bits per heavy atom. The lowest BCUT2D eigenvalue weighted by atomic mass is 10.0. The summed E-state index contributed by atoms with van der Waals surface area (Å²) in [6.45, 7) is 5.08. The van der Waals surface area contributed by atoms with Gasteiger partial charge < -0.3 is 14.8 Å². The number of nitrogens with zero attached hydrogens (tertiary/aromatic N) is 4. The topological polar surface area (TPSA) is 46.0 Å². The number of hydrogen-bond donors (Lipinski definition) is 1. The summed E-state index contributed by atoms with van der Waals surface area (Å²) in [4.78, 5) is 11.1. The Bertz CT molecular complexity index is 906. The van der Waals surface area contributed by atoms with E-state index in [2.05, 4.69) is 62.9 Å². The summed E-state index contributed by atoms with van der Waals surface area (Å²) >= 11 is 5.63. The van der Waals surface area contributed by atoms with E-state index < -0.39 is 0 Å². The van der Waals surface area contributed by atoms with Gasteiger partial charge in [0.15, 0.2) is 5.11 Å². The summed E-state index contributed by atoms with van der Waals surface area (Å²) in [6.07, 6.45) is 5.52. The minimum absolute atomic E-state index is 0.00775. The summed E-state index contributed by atoms with van der Waals surface area (Å²) < 4.78 is 2.26. The molecule has 0 aliphatic carbocycles.